The number of amides is 1. The number of nitrogens with one attached hydrogen (secondary N) is 1. The molecule has 5 nitrogen and oxygen atoms in total. The summed E-state index contributed by atoms with van der Waals surface area (Å²) in [4.78, 5) is 17.4. The second kappa shape index (κ2) is 4.85. The maximum Gasteiger partial charge on any atom is 0.218 e. The van der Waals surface area contributed by atoms with Crippen LogP contribution >= 0.6 is 11.3 Å². The number of hydrogen-bond donors (Lipinski definition) is 2. The normalized spacial score (nSPS) is 11.2. The quantitative estimate of drug-likeness (QED) is 0.779. The fraction of sp³-hybridized carbons (Fsp3) is 0.455. The Balaban J connectivity index is 2.06. The lowest BCUT2D eigenvalue weighted by atomic mass is 10.3. The summed E-state index contributed by atoms with van der Waals surface area (Å²) in [6.45, 7) is 5.38. The number of hydrogen-bond acceptors (Lipinski definition) is 4. The number of carbonyl (C=O) groups excluding carboxylic acids is 1. The average Bonchev–Trinajstić information content (AvgIpc) is 2.69. The predicted octanol–water partition coefficient (Wildman–Crippen LogP) is 0.978. The molecule has 0 radical (unpaired) electrons. The number of rotatable bonds is 5. The lowest BCUT2D eigenvalue weighted by Gasteiger charge is -2.03. The van der Waals surface area contributed by atoms with Crippen molar-refractivity contribution < 1.29 is 4.79 Å². The van der Waals surface area contributed by atoms with Crippen molar-refractivity contribution >= 4 is 22.2 Å². The molecule has 0 saturated heterocycles. The molecule has 2 aromatic rings. The van der Waals surface area contributed by atoms with Gasteiger partial charge >= 0.3 is 0 Å². The van der Waals surface area contributed by atoms with Crippen LogP contribution in [-0.2, 0) is 11.3 Å². The van der Waals surface area contributed by atoms with Crippen molar-refractivity contribution in [1.29, 1.82) is 0 Å². The van der Waals surface area contributed by atoms with E-state index < -0.39 is 0 Å². The number of fused-ring (bicyclic) bond motifs is 1. The highest BCUT2D eigenvalue weighted by atomic mass is 32.1. The van der Waals surface area contributed by atoms with Gasteiger partial charge in [0.1, 0.15) is 0 Å². The summed E-state index contributed by atoms with van der Waals surface area (Å²) in [5, 5.41) is 3.20. The van der Waals surface area contributed by atoms with E-state index in [0.717, 1.165) is 16.3 Å². The van der Waals surface area contributed by atoms with Crippen molar-refractivity contribution in [2.45, 2.75) is 26.8 Å². The number of primary amides is 1. The van der Waals surface area contributed by atoms with Crippen LogP contribution in [0.1, 0.15) is 22.7 Å². The maximum absolute atomic E-state index is 10.6. The van der Waals surface area contributed by atoms with E-state index in [2.05, 4.69) is 27.8 Å². The van der Waals surface area contributed by atoms with Gasteiger partial charge in [0, 0.05) is 30.6 Å². The summed E-state index contributed by atoms with van der Waals surface area (Å²) in [5.74, 6) is -0.279. The summed E-state index contributed by atoms with van der Waals surface area (Å²) in [5.41, 5.74) is 7.26. The monoisotopic (exact) mass is 252 g/mol. The van der Waals surface area contributed by atoms with Gasteiger partial charge in [-0.2, -0.15) is 0 Å². The van der Waals surface area contributed by atoms with Crippen molar-refractivity contribution in [1.82, 2.24) is 14.7 Å². The Morgan fingerprint density at radius 1 is 1.59 bits per heavy atom. The molecule has 0 spiro atoms. The van der Waals surface area contributed by atoms with Crippen molar-refractivity contribution in [2.75, 3.05) is 6.54 Å². The van der Waals surface area contributed by atoms with E-state index in [-0.39, 0.29) is 5.91 Å². The third-order valence-corrected chi connectivity index (χ3v) is 3.48. The third-order valence-electron chi connectivity index (χ3n) is 2.58. The summed E-state index contributed by atoms with van der Waals surface area (Å²) in [7, 11) is 0. The predicted molar refractivity (Wildman–Crippen MR) is 68.1 cm³/mol. The molecule has 92 valence electrons. The van der Waals surface area contributed by atoms with E-state index >= 15 is 0 Å². The second-order valence-corrected chi connectivity index (χ2v) is 5.24. The molecule has 3 N–H and O–H groups in total. The zero-order valence-corrected chi connectivity index (χ0v) is 10.8. The van der Waals surface area contributed by atoms with Gasteiger partial charge in [-0.3, -0.25) is 9.20 Å². The number of nitrogens with zero attached hydrogens (tertiary/aromatic N) is 2. The molecule has 0 atom stereocenters. The number of nitrogens with two attached hydrogens (primary N) is 1. The molecule has 0 bridgehead atoms. The van der Waals surface area contributed by atoms with E-state index in [1.807, 2.05) is 6.92 Å². The first-order chi connectivity index (χ1) is 8.08. The maximum atomic E-state index is 10.6. The van der Waals surface area contributed by atoms with Crippen molar-refractivity contribution in [2.24, 2.45) is 5.73 Å². The first-order valence-electron chi connectivity index (χ1n) is 5.51. The van der Waals surface area contributed by atoms with Crippen LogP contribution in [0.2, 0.25) is 0 Å². The average molecular weight is 252 g/mol. The van der Waals surface area contributed by atoms with Gasteiger partial charge in [-0.1, -0.05) is 0 Å². The van der Waals surface area contributed by atoms with Crippen molar-refractivity contribution in [3.05, 3.63) is 22.5 Å². The SMILES string of the molecule is Cc1cn2c(CNCCC(N)=O)c(C)nc2s1. The Labute approximate surface area is 104 Å². The minimum atomic E-state index is -0.279. The molecule has 0 aliphatic carbocycles. The number of carbonyl (C=O) groups is 1. The van der Waals surface area contributed by atoms with E-state index in [0.29, 0.717) is 19.5 Å². The van der Waals surface area contributed by atoms with Gasteiger partial charge in [0.2, 0.25) is 5.91 Å². The fourth-order valence-electron chi connectivity index (χ4n) is 1.74. The molecule has 0 aliphatic heterocycles. The first-order valence-corrected chi connectivity index (χ1v) is 6.32. The van der Waals surface area contributed by atoms with Crippen molar-refractivity contribution in [3.63, 3.8) is 0 Å². The highest BCUT2D eigenvalue weighted by Gasteiger charge is 2.10. The minimum absolute atomic E-state index is 0.279. The molecular weight excluding hydrogens is 236 g/mol. The smallest absolute Gasteiger partial charge is 0.218 e. The van der Waals surface area contributed by atoms with E-state index in [1.165, 1.54) is 4.88 Å². The molecule has 2 aromatic heterocycles. The topological polar surface area (TPSA) is 72.4 Å². The lowest BCUT2D eigenvalue weighted by Crippen LogP contribution is -2.22. The second-order valence-electron chi connectivity index (χ2n) is 4.03. The van der Waals surface area contributed by atoms with Gasteiger partial charge in [0.15, 0.2) is 4.96 Å². The van der Waals surface area contributed by atoms with Crippen LogP contribution < -0.4 is 11.1 Å². The van der Waals surface area contributed by atoms with Crippen molar-refractivity contribution in [3.8, 4) is 0 Å². The Bertz CT molecular complexity index is 543. The number of imidazole rings is 1. The largest absolute Gasteiger partial charge is 0.370 e. The van der Waals surface area contributed by atoms with Gasteiger partial charge in [-0.05, 0) is 13.8 Å². The highest BCUT2D eigenvalue weighted by molar-refractivity contribution is 7.17. The van der Waals surface area contributed by atoms with Crippen LogP contribution in [-0.4, -0.2) is 21.8 Å². The number of aryl methyl sites for hydroxylation is 2. The Morgan fingerprint density at radius 3 is 3.06 bits per heavy atom. The molecule has 0 unspecified atom stereocenters. The Hall–Kier alpha value is -1.40. The van der Waals surface area contributed by atoms with Crippen LogP contribution in [0, 0.1) is 13.8 Å². The molecule has 0 aliphatic rings. The molecule has 0 aromatic carbocycles. The molecule has 0 fully saturated rings. The summed E-state index contributed by atoms with van der Waals surface area (Å²) >= 11 is 1.68. The fourth-order valence-corrected chi connectivity index (χ4v) is 2.63. The van der Waals surface area contributed by atoms with Gasteiger partial charge < -0.3 is 11.1 Å². The molecule has 17 heavy (non-hydrogen) atoms. The summed E-state index contributed by atoms with van der Waals surface area (Å²) in [6, 6.07) is 0. The third kappa shape index (κ3) is 2.65. The van der Waals surface area contributed by atoms with Crippen LogP contribution in [0.3, 0.4) is 0 Å². The minimum Gasteiger partial charge on any atom is -0.370 e. The van der Waals surface area contributed by atoms with Gasteiger partial charge in [-0.15, -0.1) is 11.3 Å². The van der Waals surface area contributed by atoms with Gasteiger partial charge in [0.25, 0.3) is 0 Å². The highest BCUT2D eigenvalue weighted by Crippen LogP contribution is 2.20. The Morgan fingerprint density at radius 2 is 2.35 bits per heavy atom. The zero-order valence-electron chi connectivity index (χ0n) is 9.99. The molecule has 1 amide bonds. The van der Waals surface area contributed by atoms with E-state index in [4.69, 9.17) is 5.73 Å². The number of thiazole rings is 1. The lowest BCUT2D eigenvalue weighted by molar-refractivity contribution is -0.117. The van der Waals surface area contributed by atoms with Gasteiger partial charge in [-0.25, -0.2) is 4.98 Å². The molecule has 2 heterocycles. The van der Waals surface area contributed by atoms with E-state index in [9.17, 15) is 4.79 Å². The van der Waals surface area contributed by atoms with E-state index in [1.54, 1.807) is 11.3 Å². The van der Waals surface area contributed by atoms with Crippen LogP contribution in [0.4, 0.5) is 0 Å². The molecule has 6 heteroatoms. The first kappa shape index (κ1) is 12.1. The molecule has 2 rings (SSSR count). The van der Waals surface area contributed by atoms with Gasteiger partial charge in [0.05, 0.1) is 11.4 Å². The van der Waals surface area contributed by atoms with Crippen LogP contribution in [0.15, 0.2) is 6.20 Å². The zero-order chi connectivity index (χ0) is 12.4. The Kier molecular flexibility index (Phi) is 3.44. The standard InChI is InChI=1S/C11H16N4OS/c1-7-6-15-9(5-13-4-3-10(12)16)8(2)14-11(15)17-7/h6,13H,3-5H2,1-2H3,(H2,12,16). The molecule has 0 saturated carbocycles. The summed E-state index contributed by atoms with van der Waals surface area (Å²) < 4.78 is 2.10. The number of aromatic nitrogens is 2. The molecular formula is C11H16N4OS. The summed E-state index contributed by atoms with van der Waals surface area (Å²) in [6.07, 6.45) is 2.45. The van der Waals surface area contributed by atoms with Crippen LogP contribution in [0.5, 0.6) is 0 Å². The van der Waals surface area contributed by atoms with Crippen LogP contribution in [0.25, 0.3) is 4.96 Å².